The molecule has 118 valence electrons. The summed E-state index contributed by atoms with van der Waals surface area (Å²) < 4.78 is 5.30. The average Bonchev–Trinajstić information content (AvgIpc) is 2.44. The molecule has 1 aromatic rings. The fourth-order valence-electron chi connectivity index (χ4n) is 1.99. The van der Waals surface area contributed by atoms with Crippen molar-refractivity contribution < 1.29 is 14.6 Å². The first-order valence-corrected chi connectivity index (χ1v) is 7.08. The van der Waals surface area contributed by atoms with Gasteiger partial charge in [-0.15, -0.1) is 0 Å². The maximum atomic E-state index is 12.5. The van der Waals surface area contributed by atoms with Gasteiger partial charge in [-0.3, -0.25) is 4.79 Å². The number of nitrogens with zero attached hydrogens (tertiary/aromatic N) is 1. The molecule has 5 nitrogen and oxygen atoms in total. The number of methoxy groups -OCH3 is 1. The van der Waals surface area contributed by atoms with E-state index in [0.29, 0.717) is 6.54 Å². The van der Waals surface area contributed by atoms with Gasteiger partial charge in [-0.2, -0.15) is 0 Å². The summed E-state index contributed by atoms with van der Waals surface area (Å²) in [4.78, 5) is 14.1. The second-order valence-corrected chi connectivity index (χ2v) is 6.14. The van der Waals surface area contributed by atoms with Crippen LogP contribution in [0, 0.1) is 5.41 Å². The zero-order chi connectivity index (χ0) is 16.0. The standard InChI is InChI=1S/C16H26N2O3/c1-16(2,3)14(17)15(20)18(9-10-19)11-12-7-5-6-8-13(12)21-4/h5-8,14,19H,9-11,17H2,1-4H3/t14-/m1/s1. The van der Waals surface area contributed by atoms with E-state index in [1.807, 2.05) is 45.0 Å². The molecule has 0 aliphatic carbocycles. The lowest BCUT2D eigenvalue weighted by molar-refractivity contribution is -0.136. The molecule has 0 bridgehead atoms. The van der Waals surface area contributed by atoms with Gasteiger partial charge in [0, 0.05) is 18.7 Å². The van der Waals surface area contributed by atoms with E-state index >= 15 is 0 Å². The maximum Gasteiger partial charge on any atom is 0.240 e. The van der Waals surface area contributed by atoms with Gasteiger partial charge < -0.3 is 20.5 Å². The van der Waals surface area contributed by atoms with Crippen LogP contribution in [0.3, 0.4) is 0 Å². The summed E-state index contributed by atoms with van der Waals surface area (Å²) >= 11 is 0. The van der Waals surface area contributed by atoms with E-state index in [9.17, 15) is 9.90 Å². The number of benzene rings is 1. The van der Waals surface area contributed by atoms with Gasteiger partial charge in [0.2, 0.25) is 5.91 Å². The Morgan fingerprint density at radius 2 is 2.00 bits per heavy atom. The molecular formula is C16H26N2O3. The van der Waals surface area contributed by atoms with Crippen molar-refractivity contribution >= 4 is 5.91 Å². The first-order chi connectivity index (χ1) is 9.81. The van der Waals surface area contributed by atoms with E-state index < -0.39 is 6.04 Å². The Kier molecular flexibility index (Phi) is 6.18. The van der Waals surface area contributed by atoms with Crippen molar-refractivity contribution in [2.75, 3.05) is 20.3 Å². The van der Waals surface area contributed by atoms with Crippen LogP contribution in [-0.4, -0.2) is 42.2 Å². The normalized spacial score (nSPS) is 12.9. The average molecular weight is 294 g/mol. The maximum absolute atomic E-state index is 12.5. The van der Waals surface area contributed by atoms with E-state index in [1.165, 1.54) is 0 Å². The number of aliphatic hydroxyl groups excluding tert-OH is 1. The number of nitrogens with two attached hydrogens (primary N) is 1. The number of para-hydroxylation sites is 1. The smallest absolute Gasteiger partial charge is 0.240 e. The molecule has 0 saturated carbocycles. The van der Waals surface area contributed by atoms with E-state index in [1.54, 1.807) is 12.0 Å². The number of carbonyl (C=O) groups excluding carboxylic acids is 1. The zero-order valence-corrected chi connectivity index (χ0v) is 13.3. The molecule has 0 radical (unpaired) electrons. The minimum Gasteiger partial charge on any atom is -0.496 e. The van der Waals surface area contributed by atoms with Gasteiger partial charge in [0.1, 0.15) is 5.75 Å². The number of aliphatic hydroxyl groups is 1. The number of carbonyl (C=O) groups is 1. The third-order valence-corrected chi connectivity index (χ3v) is 3.43. The number of hydrogen-bond acceptors (Lipinski definition) is 4. The highest BCUT2D eigenvalue weighted by atomic mass is 16.5. The van der Waals surface area contributed by atoms with Crippen LogP contribution in [0.25, 0.3) is 0 Å². The summed E-state index contributed by atoms with van der Waals surface area (Å²) in [6, 6.07) is 6.91. The van der Waals surface area contributed by atoms with Crippen molar-refractivity contribution in [3.63, 3.8) is 0 Å². The minimum atomic E-state index is -0.612. The van der Waals surface area contributed by atoms with Crippen LogP contribution in [0.1, 0.15) is 26.3 Å². The Bertz CT molecular complexity index is 469. The van der Waals surface area contributed by atoms with Gasteiger partial charge in [0.15, 0.2) is 0 Å². The molecule has 0 aliphatic heterocycles. The molecule has 1 amide bonds. The van der Waals surface area contributed by atoms with Gasteiger partial charge in [0.25, 0.3) is 0 Å². The Morgan fingerprint density at radius 3 is 2.52 bits per heavy atom. The molecule has 3 N–H and O–H groups in total. The van der Waals surface area contributed by atoms with Crippen LogP contribution in [0.15, 0.2) is 24.3 Å². The Hall–Kier alpha value is -1.59. The summed E-state index contributed by atoms with van der Waals surface area (Å²) in [6.07, 6.45) is 0. The van der Waals surface area contributed by atoms with Gasteiger partial charge in [-0.1, -0.05) is 39.0 Å². The molecule has 1 aromatic carbocycles. The molecule has 0 aliphatic rings. The van der Waals surface area contributed by atoms with Crippen molar-refractivity contribution in [1.29, 1.82) is 0 Å². The molecule has 0 heterocycles. The van der Waals surface area contributed by atoms with E-state index in [0.717, 1.165) is 11.3 Å². The van der Waals surface area contributed by atoms with Crippen molar-refractivity contribution in [3.8, 4) is 5.75 Å². The summed E-state index contributed by atoms with van der Waals surface area (Å²) in [5.74, 6) is 0.556. The third kappa shape index (κ3) is 4.72. The van der Waals surface area contributed by atoms with Crippen molar-refractivity contribution in [1.82, 2.24) is 4.90 Å². The molecule has 1 rings (SSSR count). The predicted octanol–water partition coefficient (Wildman–Crippen LogP) is 1.39. The fourth-order valence-corrected chi connectivity index (χ4v) is 1.99. The van der Waals surface area contributed by atoms with Gasteiger partial charge >= 0.3 is 0 Å². The first kappa shape index (κ1) is 17.5. The van der Waals surface area contributed by atoms with Gasteiger partial charge in [-0.25, -0.2) is 0 Å². The Labute approximate surface area is 126 Å². The molecule has 0 saturated heterocycles. The third-order valence-electron chi connectivity index (χ3n) is 3.43. The lowest BCUT2D eigenvalue weighted by atomic mass is 9.86. The number of amides is 1. The van der Waals surface area contributed by atoms with Crippen LogP contribution >= 0.6 is 0 Å². The number of hydrogen-bond donors (Lipinski definition) is 2. The molecule has 0 fully saturated rings. The van der Waals surface area contributed by atoms with E-state index in [4.69, 9.17) is 10.5 Å². The predicted molar refractivity (Wildman–Crippen MR) is 82.9 cm³/mol. The van der Waals surface area contributed by atoms with Crippen LogP contribution in [0.2, 0.25) is 0 Å². The van der Waals surface area contributed by atoms with E-state index in [2.05, 4.69) is 0 Å². The van der Waals surface area contributed by atoms with Crippen LogP contribution in [-0.2, 0) is 11.3 Å². The molecule has 0 aromatic heterocycles. The van der Waals surface area contributed by atoms with Crippen LogP contribution < -0.4 is 10.5 Å². The minimum absolute atomic E-state index is 0.0995. The molecule has 0 unspecified atom stereocenters. The Morgan fingerprint density at radius 1 is 1.38 bits per heavy atom. The highest BCUT2D eigenvalue weighted by molar-refractivity contribution is 5.82. The Balaban J connectivity index is 2.94. The van der Waals surface area contributed by atoms with Crippen molar-refractivity contribution in [2.24, 2.45) is 11.1 Å². The summed E-state index contributed by atoms with van der Waals surface area (Å²) in [6.45, 7) is 6.30. The molecule has 1 atom stereocenters. The SMILES string of the molecule is COc1ccccc1CN(CCO)C(=O)[C@@H](N)C(C)(C)C. The highest BCUT2D eigenvalue weighted by Gasteiger charge is 2.31. The van der Waals surface area contributed by atoms with Crippen molar-refractivity contribution in [3.05, 3.63) is 29.8 Å². The monoisotopic (exact) mass is 294 g/mol. The van der Waals surface area contributed by atoms with Crippen LogP contribution in [0.4, 0.5) is 0 Å². The lowest BCUT2D eigenvalue weighted by Crippen LogP contribution is -2.50. The van der Waals surface area contributed by atoms with Crippen LogP contribution in [0.5, 0.6) is 5.75 Å². The van der Waals surface area contributed by atoms with Gasteiger partial charge in [-0.05, 0) is 11.5 Å². The molecule has 0 spiro atoms. The molecule has 5 heteroatoms. The van der Waals surface area contributed by atoms with E-state index in [-0.39, 0.29) is 24.5 Å². The summed E-state index contributed by atoms with van der Waals surface area (Å²) in [5.41, 5.74) is 6.61. The number of ether oxygens (including phenoxy) is 1. The second kappa shape index (κ2) is 7.43. The quantitative estimate of drug-likeness (QED) is 0.831. The molecular weight excluding hydrogens is 268 g/mol. The first-order valence-electron chi connectivity index (χ1n) is 7.08. The second-order valence-electron chi connectivity index (χ2n) is 6.14. The van der Waals surface area contributed by atoms with Gasteiger partial charge in [0.05, 0.1) is 19.8 Å². The lowest BCUT2D eigenvalue weighted by Gasteiger charge is -2.32. The highest BCUT2D eigenvalue weighted by Crippen LogP contribution is 2.22. The largest absolute Gasteiger partial charge is 0.496 e. The summed E-state index contributed by atoms with van der Waals surface area (Å²) in [5, 5.41) is 9.21. The zero-order valence-electron chi connectivity index (χ0n) is 13.3. The molecule has 21 heavy (non-hydrogen) atoms. The topological polar surface area (TPSA) is 75.8 Å². The summed E-state index contributed by atoms with van der Waals surface area (Å²) in [7, 11) is 1.60. The fraction of sp³-hybridized carbons (Fsp3) is 0.562. The number of rotatable bonds is 6. The van der Waals surface area contributed by atoms with Crippen molar-refractivity contribution in [2.45, 2.75) is 33.4 Å².